The van der Waals surface area contributed by atoms with Gasteiger partial charge < -0.3 is 15.0 Å². The molecule has 10 heteroatoms. The molecule has 1 aromatic carbocycles. The first-order valence-corrected chi connectivity index (χ1v) is 9.85. The highest BCUT2D eigenvalue weighted by Crippen LogP contribution is 2.30. The van der Waals surface area contributed by atoms with E-state index in [1.807, 2.05) is 26.8 Å². The Morgan fingerprint density at radius 1 is 1.16 bits per heavy atom. The molecule has 2 aromatic rings. The monoisotopic (exact) mass is 436 g/mol. The van der Waals surface area contributed by atoms with Gasteiger partial charge in [-0.15, -0.1) is 13.2 Å². The quantitative estimate of drug-likeness (QED) is 0.663. The third-order valence-electron chi connectivity index (χ3n) is 5.18. The highest BCUT2D eigenvalue weighted by molar-refractivity contribution is 6.21. The lowest BCUT2D eigenvalue weighted by Gasteiger charge is -2.23. The summed E-state index contributed by atoms with van der Waals surface area (Å²) in [7, 11) is 0. The molecule has 1 aliphatic heterocycles. The zero-order valence-electron chi connectivity index (χ0n) is 17.3. The summed E-state index contributed by atoms with van der Waals surface area (Å²) in [6.07, 6.45) is -3.16. The van der Waals surface area contributed by atoms with Crippen LogP contribution in [0.4, 0.5) is 29.5 Å². The molecular formula is C21H23F3N4O3. The number of nitrogens with zero attached hydrogens (tertiary/aromatic N) is 3. The van der Waals surface area contributed by atoms with Crippen molar-refractivity contribution in [1.82, 2.24) is 10.3 Å². The molecular weight excluding hydrogens is 413 g/mol. The number of imide groups is 1. The maximum absolute atomic E-state index is 13.0. The standard InChI is InChI=1S/C21H23F3N4O3/c1-4-27(5-2)17-12-14(10-11-25-17)13(3)18-19(29)28(20(30)26-18)15-6-8-16(9-7-15)31-21(22,23)24/h6-13,18H,4-5H2,1-3H3,(H,26,30). The van der Waals surface area contributed by atoms with Crippen molar-refractivity contribution in [3.8, 4) is 5.75 Å². The van der Waals surface area contributed by atoms with Crippen LogP contribution in [0, 0.1) is 0 Å². The number of rotatable bonds is 7. The first-order valence-electron chi connectivity index (χ1n) is 9.85. The first-order chi connectivity index (χ1) is 14.6. The molecule has 0 bridgehead atoms. The molecule has 1 fully saturated rings. The van der Waals surface area contributed by atoms with E-state index in [2.05, 4.69) is 19.9 Å². The van der Waals surface area contributed by atoms with Crippen molar-refractivity contribution < 1.29 is 27.5 Å². The molecule has 1 N–H and O–H groups in total. The van der Waals surface area contributed by atoms with Crippen molar-refractivity contribution >= 4 is 23.4 Å². The number of alkyl halides is 3. The van der Waals surface area contributed by atoms with Gasteiger partial charge in [0, 0.05) is 25.2 Å². The number of hydrogen-bond acceptors (Lipinski definition) is 5. The third-order valence-corrected chi connectivity index (χ3v) is 5.18. The molecule has 7 nitrogen and oxygen atoms in total. The van der Waals surface area contributed by atoms with E-state index in [0.717, 1.165) is 41.5 Å². The zero-order chi connectivity index (χ0) is 22.8. The van der Waals surface area contributed by atoms with Crippen LogP contribution in [-0.4, -0.2) is 42.4 Å². The summed E-state index contributed by atoms with van der Waals surface area (Å²) >= 11 is 0. The van der Waals surface area contributed by atoms with E-state index in [-0.39, 0.29) is 11.6 Å². The van der Waals surface area contributed by atoms with Gasteiger partial charge in [-0.25, -0.2) is 14.7 Å². The summed E-state index contributed by atoms with van der Waals surface area (Å²) in [5, 5.41) is 2.67. The lowest BCUT2D eigenvalue weighted by Crippen LogP contribution is -2.35. The van der Waals surface area contributed by atoms with Crippen LogP contribution in [0.25, 0.3) is 0 Å². The molecule has 0 radical (unpaired) electrons. The molecule has 0 aliphatic carbocycles. The fourth-order valence-electron chi connectivity index (χ4n) is 3.51. The number of carbonyl (C=O) groups is 2. The number of nitrogens with one attached hydrogen (secondary N) is 1. The van der Waals surface area contributed by atoms with Crippen molar-refractivity contribution in [2.45, 2.75) is 39.1 Å². The van der Waals surface area contributed by atoms with Gasteiger partial charge in [-0.3, -0.25) is 4.79 Å². The minimum Gasteiger partial charge on any atom is -0.406 e. The number of pyridine rings is 1. The molecule has 1 saturated heterocycles. The van der Waals surface area contributed by atoms with Crippen molar-refractivity contribution in [2.24, 2.45) is 0 Å². The van der Waals surface area contributed by atoms with Gasteiger partial charge in [-0.1, -0.05) is 6.92 Å². The Kier molecular flexibility index (Phi) is 6.37. The van der Waals surface area contributed by atoms with E-state index in [0.29, 0.717) is 0 Å². The topological polar surface area (TPSA) is 74.8 Å². The van der Waals surface area contributed by atoms with Crippen LogP contribution in [0.5, 0.6) is 5.75 Å². The predicted octanol–water partition coefficient (Wildman–Crippen LogP) is 4.05. The summed E-state index contributed by atoms with van der Waals surface area (Å²) in [6, 6.07) is 6.81. The van der Waals surface area contributed by atoms with Crippen molar-refractivity contribution in [3.63, 3.8) is 0 Å². The van der Waals surface area contributed by atoms with Crippen LogP contribution in [0.3, 0.4) is 0 Å². The highest BCUT2D eigenvalue weighted by atomic mass is 19.4. The Balaban J connectivity index is 1.79. The first kappa shape index (κ1) is 22.4. The highest BCUT2D eigenvalue weighted by Gasteiger charge is 2.42. The van der Waals surface area contributed by atoms with E-state index in [1.165, 1.54) is 12.1 Å². The van der Waals surface area contributed by atoms with Gasteiger partial charge in [0.2, 0.25) is 0 Å². The van der Waals surface area contributed by atoms with Crippen LogP contribution in [-0.2, 0) is 4.79 Å². The number of halogens is 3. The fourth-order valence-corrected chi connectivity index (χ4v) is 3.51. The molecule has 3 amide bonds. The van der Waals surface area contributed by atoms with Gasteiger partial charge in [0.05, 0.1) is 5.69 Å². The molecule has 3 rings (SSSR count). The summed E-state index contributed by atoms with van der Waals surface area (Å²) in [5.74, 6) is -0.480. The normalized spacial score (nSPS) is 17.5. The Morgan fingerprint density at radius 3 is 2.39 bits per heavy atom. The van der Waals surface area contributed by atoms with E-state index in [1.54, 1.807) is 12.3 Å². The minimum atomic E-state index is -4.82. The maximum atomic E-state index is 13.0. The summed E-state index contributed by atoms with van der Waals surface area (Å²) in [4.78, 5) is 32.8. The molecule has 1 aromatic heterocycles. The average molecular weight is 436 g/mol. The van der Waals surface area contributed by atoms with Gasteiger partial charge in [0.15, 0.2) is 0 Å². The summed E-state index contributed by atoms with van der Waals surface area (Å²) in [5.41, 5.74) is 0.997. The molecule has 166 valence electrons. The number of ether oxygens (including phenoxy) is 1. The second-order valence-electron chi connectivity index (χ2n) is 7.05. The average Bonchev–Trinajstić information content (AvgIpc) is 3.02. The number of amides is 3. The van der Waals surface area contributed by atoms with Gasteiger partial charge in [0.25, 0.3) is 5.91 Å². The number of urea groups is 1. The van der Waals surface area contributed by atoms with Gasteiger partial charge in [-0.2, -0.15) is 0 Å². The summed E-state index contributed by atoms with van der Waals surface area (Å²) < 4.78 is 40.8. The number of aromatic nitrogens is 1. The van der Waals surface area contributed by atoms with E-state index in [4.69, 9.17) is 0 Å². The second-order valence-corrected chi connectivity index (χ2v) is 7.05. The van der Waals surface area contributed by atoms with Crippen LogP contribution >= 0.6 is 0 Å². The SMILES string of the molecule is CCN(CC)c1cc(C(C)C2NC(=O)N(c3ccc(OC(F)(F)F)cc3)C2=O)ccn1. The fraction of sp³-hybridized carbons (Fsp3) is 0.381. The van der Waals surface area contributed by atoms with Crippen LogP contribution in [0.1, 0.15) is 32.3 Å². The maximum Gasteiger partial charge on any atom is 0.573 e. The van der Waals surface area contributed by atoms with E-state index >= 15 is 0 Å². The molecule has 2 atom stereocenters. The molecule has 2 unspecified atom stereocenters. The minimum absolute atomic E-state index is 0.158. The Labute approximate surface area is 177 Å². The van der Waals surface area contributed by atoms with E-state index < -0.39 is 30.1 Å². The third kappa shape index (κ3) is 4.89. The number of anilines is 2. The van der Waals surface area contributed by atoms with E-state index in [9.17, 15) is 22.8 Å². The molecule has 31 heavy (non-hydrogen) atoms. The number of benzene rings is 1. The molecule has 0 saturated carbocycles. The number of carbonyl (C=O) groups excluding carboxylic acids is 2. The largest absolute Gasteiger partial charge is 0.573 e. The molecule has 0 spiro atoms. The number of hydrogen-bond donors (Lipinski definition) is 1. The van der Waals surface area contributed by atoms with Crippen LogP contribution < -0.4 is 19.9 Å². The van der Waals surface area contributed by atoms with Crippen LogP contribution in [0.15, 0.2) is 42.6 Å². The molecule has 2 heterocycles. The second kappa shape index (κ2) is 8.83. The van der Waals surface area contributed by atoms with Gasteiger partial charge in [0.1, 0.15) is 17.6 Å². The summed E-state index contributed by atoms with van der Waals surface area (Å²) in [6.45, 7) is 7.42. The lowest BCUT2D eigenvalue weighted by atomic mass is 9.93. The van der Waals surface area contributed by atoms with Crippen LogP contribution in [0.2, 0.25) is 0 Å². The van der Waals surface area contributed by atoms with Crippen molar-refractivity contribution in [2.75, 3.05) is 22.9 Å². The van der Waals surface area contributed by atoms with Gasteiger partial charge >= 0.3 is 12.4 Å². The molecule has 1 aliphatic rings. The predicted molar refractivity (Wildman–Crippen MR) is 109 cm³/mol. The van der Waals surface area contributed by atoms with Crippen molar-refractivity contribution in [1.29, 1.82) is 0 Å². The van der Waals surface area contributed by atoms with Crippen molar-refractivity contribution in [3.05, 3.63) is 48.2 Å². The zero-order valence-corrected chi connectivity index (χ0v) is 17.3. The smallest absolute Gasteiger partial charge is 0.406 e. The van der Waals surface area contributed by atoms with Gasteiger partial charge in [-0.05, 0) is 55.8 Å². The Bertz CT molecular complexity index is 946. The lowest BCUT2D eigenvalue weighted by molar-refractivity contribution is -0.274. The Morgan fingerprint density at radius 2 is 1.81 bits per heavy atom. The Hall–Kier alpha value is -3.30.